The van der Waals surface area contributed by atoms with Gasteiger partial charge in [-0.15, -0.1) is 0 Å². The predicted molar refractivity (Wildman–Crippen MR) is 170 cm³/mol. The fourth-order valence-corrected chi connectivity index (χ4v) is 5.64. The van der Waals surface area contributed by atoms with E-state index in [1.54, 1.807) is 36.4 Å². The lowest BCUT2D eigenvalue weighted by Gasteiger charge is -2.15. The van der Waals surface area contributed by atoms with Crippen molar-refractivity contribution in [1.82, 2.24) is 9.55 Å². The summed E-state index contributed by atoms with van der Waals surface area (Å²) in [7, 11) is -5.83. The van der Waals surface area contributed by atoms with E-state index < -0.39 is 32.8 Å². The molecule has 4 aromatic carbocycles. The Labute approximate surface area is 272 Å². The zero-order valence-electron chi connectivity index (χ0n) is 23.8. The van der Waals surface area contributed by atoms with Gasteiger partial charge in [-0.3, -0.25) is 4.72 Å². The molecule has 1 aromatic heterocycles. The van der Waals surface area contributed by atoms with E-state index in [0.717, 1.165) is 58.5 Å². The van der Waals surface area contributed by atoms with Crippen molar-refractivity contribution in [3.63, 3.8) is 0 Å². The zero-order valence-corrected chi connectivity index (χ0v) is 26.2. The van der Waals surface area contributed by atoms with Crippen molar-refractivity contribution in [2.24, 2.45) is 0 Å². The number of nitrogens with zero attached hydrogens (tertiary/aromatic N) is 2. The number of imidazole rings is 1. The maximum absolute atomic E-state index is 13.0. The smallest absolute Gasteiger partial charge is 0.478 e. The zero-order chi connectivity index (χ0) is 33.2. The minimum Gasteiger partial charge on any atom is -0.478 e. The Balaban J connectivity index is 1.32. The molecular weight excluding hydrogens is 666 g/mol. The first kappa shape index (κ1) is 32.9. The number of hydrogen-bond acceptors (Lipinski definition) is 5. The van der Waals surface area contributed by atoms with Gasteiger partial charge in [0.2, 0.25) is 0 Å². The Kier molecular flexibility index (Phi) is 9.34. The third-order valence-electron chi connectivity index (χ3n) is 6.91. The number of carbonyl (C=O) groups is 1. The van der Waals surface area contributed by atoms with Crippen LogP contribution in [0.3, 0.4) is 0 Å². The molecular formula is C32H24Cl2F3N3O5S. The maximum Gasteiger partial charge on any atom is 0.516 e. The third kappa shape index (κ3) is 7.30. The van der Waals surface area contributed by atoms with Crippen LogP contribution in [0.15, 0.2) is 91.1 Å². The lowest BCUT2D eigenvalue weighted by molar-refractivity contribution is -0.0429. The second-order valence-corrected chi connectivity index (χ2v) is 12.5. The number of rotatable bonds is 10. The average molecular weight is 691 g/mol. The Bertz CT molecular complexity index is 2010. The SMILES string of the molecule is CCn1cc(-c2ccc(Cl)cc2Cl)nc1Cc1ccc(-c2ccc(Oc3ccc(C(=O)O)cc3NS(=O)(=O)C(F)(F)F)cc2)cc1. The lowest BCUT2D eigenvalue weighted by atomic mass is 10.0. The first-order chi connectivity index (χ1) is 21.7. The number of alkyl halides is 3. The Morgan fingerprint density at radius 1 is 0.957 bits per heavy atom. The molecule has 2 N–H and O–H groups in total. The number of ether oxygens (including phenoxy) is 1. The van der Waals surface area contributed by atoms with Crippen LogP contribution in [0.5, 0.6) is 11.5 Å². The number of halogens is 5. The molecule has 14 heteroatoms. The highest BCUT2D eigenvalue weighted by Crippen LogP contribution is 2.35. The molecule has 46 heavy (non-hydrogen) atoms. The largest absolute Gasteiger partial charge is 0.516 e. The summed E-state index contributed by atoms with van der Waals surface area (Å²) in [6.45, 7) is 2.75. The van der Waals surface area contributed by atoms with Crippen LogP contribution in [0.1, 0.15) is 28.7 Å². The van der Waals surface area contributed by atoms with E-state index in [1.165, 1.54) is 4.72 Å². The number of aromatic carboxylic acids is 1. The van der Waals surface area contributed by atoms with Crippen LogP contribution in [-0.4, -0.2) is 34.6 Å². The molecule has 5 aromatic rings. The van der Waals surface area contributed by atoms with Gasteiger partial charge in [-0.2, -0.15) is 21.6 Å². The molecule has 0 unspecified atom stereocenters. The summed E-state index contributed by atoms with van der Waals surface area (Å²) in [5.41, 5.74) is -2.47. The molecule has 0 aliphatic carbocycles. The normalized spacial score (nSPS) is 11.8. The van der Waals surface area contributed by atoms with Crippen molar-refractivity contribution in [3.8, 4) is 33.9 Å². The molecule has 0 radical (unpaired) electrons. The number of anilines is 1. The van der Waals surface area contributed by atoms with Gasteiger partial charge in [0, 0.05) is 29.7 Å². The van der Waals surface area contributed by atoms with E-state index in [1.807, 2.05) is 43.5 Å². The molecule has 0 saturated carbocycles. The van der Waals surface area contributed by atoms with Gasteiger partial charge in [0.25, 0.3) is 0 Å². The second-order valence-electron chi connectivity index (χ2n) is 10.0. The molecule has 0 aliphatic rings. The van der Waals surface area contributed by atoms with Gasteiger partial charge in [-0.05, 0) is 72.1 Å². The van der Waals surface area contributed by atoms with Crippen LogP contribution in [0.2, 0.25) is 10.0 Å². The van der Waals surface area contributed by atoms with Crippen molar-refractivity contribution >= 4 is 44.9 Å². The van der Waals surface area contributed by atoms with Crippen molar-refractivity contribution in [3.05, 3.63) is 118 Å². The van der Waals surface area contributed by atoms with Crippen molar-refractivity contribution in [2.45, 2.75) is 25.4 Å². The molecule has 0 atom stereocenters. The highest BCUT2D eigenvalue weighted by Gasteiger charge is 2.46. The van der Waals surface area contributed by atoms with Crippen LogP contribution in [0.4, 0.5) is 18.9 Å². The summed E-state index contributed by atoms with van der Waals surface area (Å²) >= 11 is 12.4. The number of sulfonamides is 1. The molecule has 238 valence electrons. The van der Waals surface area contributed by atoms with E-state index in [0.29, 0.717) is 16.5 Å². The van der Waals surface area contributed by atoms with Crippen LogP contribution in [0.25, 0.3) is 22.4 Å². The fraction of sp³-hybridized carbons (Fsp3) is 0.125. The summed E-state index contributed by atoms with van der Waals surface area (Å²) in [6.07, 6.45) is 2.53. The van der Waals surface area contributed by atoms with Crippen molar-refractivity contribution in [2.75, 3.05) is 4.72 Å². The van der Waals surface area contributed by atoms with E-state index in [2.05, 4.69) is 4.57 Å². The minimum absolute atomic E-state index is 0.180. The maximum atomic E-state index is 13.0. The second kappa shape index (κ2) is 13.1. The first-order valence-electron chi connectivity index (χ1n) is 13.6. The standard InChI is InChI=1S/C32H24Cl2F3N3O5S/c1-2-40-18-28(25-13-10-23(33)17-26(25)34)38-30(40)15-19-3-5-20(6-4-19)21-7-11-24(12-8-21)45-29-14-9-22(31(41)42)16-27(29)39-46(43,44)32(35,36)37/h3-14,16-18,39H,2,15H2,1H3,(H,41,42). The van der Waals surface area contributed by atoms with Gasteiger partial charge in [-0.1, -0.05) is 59.6 Å². The number of carboxylic acid groups (broad SMARTS) is 1. The van der Waals surface area contributed by atoms with Gasteiger partial charge in [0.15, 0.2) is 5.75 Å². The topological polar surface area (TPSA) is 111 Å². The number of nitrogens with one attached hydrogen (secondary N) is 1. The van der Waals surface area contributed by atoms with Gasteiger partial charge < -0.3 is 14.4 Å². The lowest BCUT2D eigenvalue weighted by Crippen LogP contribution is -2.30. The van der Waals surface area contributed by atoms with Gasteiger partial charge in [0.1, 0.15) is 11.6 Å². The summed E-state index contributed by atoms with van der Waals surface area (Å²) in [4.78, 5) is 16.1. The van der Waals surface area contributed by atoms with E-state index in [-0.39, 0.29) is 11.5 Å². The Morgan fingerprint density at radius 2 is 1.61 bits per heavy atom. The van der Waals surface area contributed by atoms with Crippen LogP contribution < -0.4 is 9.46 Å². The molecule has 0 saturated heterocycles. The summed E-state index contributed by atoms with van der Waals surface area (Å²) < 4.78 is 71.4. The monoisotopic (exact) mass is 689 g/mol. The Hall–Kier alpha value is -4.52. The molecule has 0 fully saturated rings. The third-order valence-corrected chi connectivity index (χ3v) is 8.56. The summed E-state index contributed by atoms with van der Waals surface area (Å²) in [6, 6.07) is 22.6. The fourth-order valence-electron chi connectivity index (χ4n) is 4.57. The van der Waals surface area contributed by atoms with Crippen molar-refractivity contribution in [1.29, 1.82) is 0 Å². The van der Waals surface area contributed by atoms with Gasteiger partial charge in [0.05, 0.1) is 22.0 Å². The highest BCUT2D eigenvalue weighted by atomic mass is 35.5. The highest BCUT2D eigenvalue weighted by molar-refractivity contribution is 7.93. The number of benzene rings is 4. The number of aromatic nitrogens is 2. The van der Waals surface area contributed by atoms with Gasteiger partial charge >= 0.3 is 21.5 Å². The van der Waals surface area contributed by atoms with Crippen LogP contribution >= 0.6 is 23.2 Å². The molecule has 0 aliphatic heterocycles. The molecule has 5 rings (SSSR count). The Morgan fingerprint density at radius 3 is 2.20 bits per heavy atom. The van der Waals surface area contributed by atoms with Crippen molar-refractivity contribution < 1.29 is 36.2 Å². The molecule has 0 amide bonds. The quantitative estimate of drug-likeness (QED) is 0.152. The van der Waals surface area contributed by atoms with E-state index in [4.69, 9.17) is 32.9 Å². The predicted octanol–water partition coefficient (Wildman–Crippen LogP) is 8.89. The minimum atomic E-state index is -5.83. The first-order valence-corrected chi connectivity index (χ1v) is 15.8. The molecule has 0 spiro atoms. The van der Waals surface area contributed by atoms with Crippen LogP contribution in [-0.2, 0) is 23.0 Å². The number of carboxylic acids is 1. The molecule has 0 bridgehead atoms. The number of aryl methyl sites for hydroxylation is 1. The summed E-state index contributed by atoms with van der Waals surface area (Å²) in [5.74, 6) is -0.732. The van der Waals surface area contributed by atoms with Crippen LogP contribution in [0, 0.1) is 0 Å². The number of hydrogen-bond donors (Lipinski definition) is 2. The molecule has 1 heterocycles. The van der Waals surface area contributed by atoms with E-state index >= 15 is 0 Å². The van der Waals surface area contributed by atoms with E-state index in [9.17, 15) is 31.5 Å². The van der Waals surface area contributed by atoms with Gasteiger partial charge in [-0.25, -0.2) is 9.78 Å². The molecule has 8 nitrogen and oxygen atoms in total. The summed E-state index contributed by atoms with van der Waals surface area (Å²) in [5, 5.41) is 10.3. The average Bonchev–Trinajstić information content (AvgIpc) is 3.40.